The lowest BCUT2D eigenvalue weighted by Crippen LogP contribution is -2.35. The number of benzene rings is 2. The van der Waals surface area contributed by atoms with E-state index in [2.05, 4.69) is 10.1 Å². The van der Waals surface area contributed by atoms with E-state index < -0.39 is 24.6 Å². The zero-order chi connectivity index (χ0) is 19.6. The van der Waals surface area contributed by atoms with Crippen molar-refractivity contribution < 1.29 is 27.8 Å². The summed E-state index contributed by atoms with van der Waals surface area (Å²) in [7, 11) is 0. The normalized spacial score (nSPS) is 12.0. The molecule has 142 valence electrons. The number of halogens is 2. The van der Waals surface area contributed by atoms with Gasteiger partial charge in [-0.1, -0.05) is 42.5 Å². The van der Waals surface area contributed by atoms with Crippen LogP contribution >= 0.6 is 0 Å². The van der Waals surface area contributed by atoms with Crippen molar-refractivity contribution in [3.8, 4) is 5.75 Å². The van der Waals surface area contributed by atoms with Crippen LogP contribution in [-0.2, 0) is 20.9 Å². The van der Waals surface area contributed by atoms with Crippen LogP contribution < -0.4 is 10.1 Å². The minimum Gasteiger partial charge on any atom is -0.449 e. The van der Waals surface area contributed by atoms with Gasteiger partial charge in [-0.3, -0.25) is 4.79 Å². The summed E-state index contributed by atoms with van der Waals surface area (Å²) in [5, 5.41) is 2.68. The fourth-order valence-electron chi connectivity index (χ4n) is 2.12. The van der Waals surface area contributed by atoms with E-state index >= 15 is 0 Å². The van der Waals surface area contributed by atoms with Crippen LogP contribution in [0.15, 0.2) is 60.7 Å². The largest absolute Gasteiger partial charge is 0.449 e. The van der Waals surface area contributed by atoms with Crippen LogP contribution in [0.3, 0.4) is 0 Å². The van der Waals surface area contributed by atoms with Gasteiger partial charge in [-0.05, 0) is 36.3 Å². The Bertz CT molecular complexity index is 776. The number of rotatable bonds is 8. The highest BCUT2D eigenvalue weighted by molar-refractivity contribution is 5.90. The molecule has 27 heavy (non-hydrogen) atoms. The highest BCUT2D eigenvalue weighted by Gasteiger charge is 2.16. The first-order valence-corrected chi connectivity index (χ1v) is 8.19. The molecular formula is C20H19F2NO4. The van der Waals surface area contributed by atoms with E-state index in [4.69, 9.17) is 4.74 Å². The van der Waals surface area contributed by atoms with Crippen LogP contribution in [0, 0.1) is 0 Å². The molecule has 2 aromatic rings. The standard InChI is InChI=1S/C20H19F2NO4/c1-14(19(25)23-13-16-5-3-2-4-6-16)26-18(24)12-9-15-7-10-17(11-8-15)27-20(21)22/h2-12,14,20H,13H2,1H3,(H,23,25)/b12-9+/t14-/m0/s1. The van der Waals surface area contributed by atoms with Crippen molar-refractivity contribution in [2.45, 2.75) is 26.2 Å². The van der Waals surface area contributed by atoms with Crippen molar-refractivity contribution in [2.24, 2.45) is 0 Å². The zero-order valence-electron chi connectivity index (χ0n) is 14.6. The van der Waals surface area contributed by atoms with Gasteiger partial charge in [0.2, 0.25) is 0 Å². The Kier molecular flexibility index (Phi) is 7.49. The molecule has 7 heteroatoms. The van der Waals surface area contributed by atoms with E-state index in [1.54, 1.807) is 0 Å². The summed E-state index contributed by atoms with van der Waals surface area (Å²) < 4.78 is 33.4. The highest BCUT2D eigenvalue weighted by Crippen LogP contribution is 2.15. The average molecular weight is 375 g/mol. The first kappa shape index (κ1) is 20.1. The first-order valence-electron chi connectivity index (χ1n) is 8.19. The van der Waals surface area contributed by atoms with Gasteiger partial charge in [0.15, 0.2) is 6.10 Å². The second-order valence-corrected chi connectivity index (χ2v) is 5.56. The van der Waals surface area contributed by atoms with Crippen LogP contribution in [0.5, 0.6) is 5.75 Å². The molecular weight excluding hydrogens is 356 g/mol. The predicted molar refractivity (Wildman–Crippen MR) is 96.0 cm³/mol. The zero-order valence-corrected chi connectivity index (χ0v) is 14.6. The van der Waals surface area contributed by atoms with Crippen molar-refractivity contribution in [3.05, 3.63) is 71.8 Å². The van der Waals surface area contributed by atoms with Gasteiger partial charge in [0.05, 0.1) is 0 Å². The average Bonchev–Trinajstić information content (AvgIpc) is 2.66. The summed E-state index contributed by atoms with van der Waals surface area (Å²) in [4.78, 5) is 23.8. The van der Waals surface area contributed by atoms with Crippen molar-refractivity contribution >= 4 is 18.0 Å². The second-order valence-electron chi connectivity index (χ2n) is 5.56. The van der Waals surface area contributed by atoms with Gasteiger partial charge in [-0.2, -0.15) is 8.78 Å². The Morgan fingerprint density at radius 3 is 2.37 bits per heavy atom. The van der Waals surface area contributed by atoms with E-state index in [1.165, 1.54) is 37.3 Å². The maximum atomic E-state index is 12.1. The number of ether oxygens (including phenoxy) is 2. The molecule has 0 aliphatic rings. The maximum absolute atomic E-state index is 12.1. The molecule has 0 fully saturated rings. The van der Waals surface area contributed by atoms with Gasteiger partial charge in [0, 0.05) is 12.6 Å². The molecule has 1 atom stereocenters. The molecule has 1 amide bonds. The lowest BCUT2D eigenvalue weighted by molar-refractivity contribution is -0.150. The maximum Gasteiger partial charge on any atom is 0.387 e. The van der Waals surface area contributed by atoms with Gasteiger partial charge >= 0.3 is 12.6 Å². The lowest BCUT2D eigenvalue weighted by Gasteiger charge is -2.12. The van der Waals surface area contributed by atoms with Gasteiger partial charge in [-0.15, -0.1) is 0 Å². The highest BCUT2D eigenvalue weighted by atomic mass is 19.3. The topological polar surface area (TPSA) is 64.6 Å². The molecule has 0 heterocycles. The molecule has 1 N–H and O–H groups in total. The van der Waals surface area contributed by atoms with Gasteiger partial charge < -0.3 is 14.8 Å². The summed E-state index contributed by atoms with van der Waals surface area (Å²) >= 11 is 0. The molecule has 2 rings (SSSR count). The Balaban J connectivity index is 1.79. The Morgan fingerprint density at radius 1 is 1.07 bits per heavy atom. The number of amides is 1. The number of alkyl halides is 2. The number of hydrogen-bond donors (Lipinski definition) is 1. The van der Waals surface area contributed by atoms with Gasteiger partial charge in [0.1, 0.15) is 5.75 Å². The molecule has 5 nitrogen and oxygen atoms in total. The van der Waals surface area contributed by atoms with Crippen molar-refractivity contribution in [1.82, 2.24) is 5.32 Å². The minimum absolute atomic E-state index is 0.0217. The molecule has 0 aliphatic heterocycles. The Hall–Kier alpha value is -3.22. The third-order valence-electron chi connectivity index (χ3n) is 3.49. The third-order valence-corrected chi connectivity index (χ3v) is 3.49. The van der Waals surface area contributed by atoms with Gasteiger partial charge in [0.25, 0.3) is 5.91 Å². The molecule has 0 unspecified atom stereocenters. The smallest absolute Gasteiger partial charge is 0.387 e. The molecule has 0 saturated carbocycles. The Labute approximate surface area is 155 Å². The SMILES string of the molecule is C[C@H](OC(=O)/C=C/c1ccc(OC(F)F)cc1)C(=O)NCc1ccccc1. The van der Waals surface area contributed by atoms with E-state index in [0.717, 1.165) is 11.6 Å². The van der Waals surface area contributed by atoms with Crippen molar-refractivity contribution in [3.63, 3.8) is 0 Å². The second kappa shape index (κ2) is 10.1. The Morgan fingerprint density at radius 2 is 1.74 bits per heavy atom. The third kappa shape index (κ3) is 7.27. The molecule has 0 saturated heterocycles. The van der Waals surface area contributed by atoms with E-state index in [9.17, 15) is 18.4 Å². The molecule has 0 bridgehead atoms. The monoisotopic (exact) mass is 375 g/mol. The van der Waals surface area contributed by atoms with Crippen molar-refractivity contribution in [1.29, 1.82) is 0 Å². The first-order chi connectivity index (χ1) is 12.9. The molecule has 0 aromatic heterocycles. The molecule has 0 radical (unpaired) electrons. The van der Waals surface area contributed by atoms with Gasteiger partial charge in [-0.25, -0.2) is 4.79 Å². The number of hydrogen-bond acceptors (Lipinski definition) is 4. The van der Waals surface area contributed by atoms with E-state index in [-0.39, 0.29) is 5.75 Å². The molecule has 0 aliphatic carbocycles. The molecule has 0 spiro atoms. The summed E-state index contributed by atoms with van der Waals surface area (Å²) in [5.74, 6) is -1.08. The fraction of sp³-hybridized carbons (Fsp3) is 0.200. The van der Waals surface area contributed by atoms with E-state index in [1.807, 2.05) is 30.3 Å². The van der Waals surface area contributed by atoms with Crippen LogP contribution in [0.1, 0.15) is 18.1 Å². The minimum atomic E-state index is -2.89. The number of carbonyl (C=O) groups is 2. The fourth-order valence-corrected chi connectivity index (χ4v) is 2.12. The lowest BCUT2D eigenvalue weighted by atomic mass is 10.2. The summed E-state index contributed by atoms with van der Waals surface area (Å²) in [6.45, 7) is -1.08. The quantitative estimate of drug-likeness (QED) is 0.566. The number of nitrogens with one attached hydrogen (secondary N) is 1. The van der Waals surface area contributed by atoms with E-state index in [0.29, 0.717) is 12.1 Å². The summed E-state index contributed by atoms with van der Waals surface area (Å²) in [6, 6.07) is 15.1. The van der Waals surface area contributed by atoms with Crippen LogP contribution in [0.2, 0.25) is 0 Å². The van der Waals surface area contributed by atoms with Crippen LogP contribution in [-0.4, -0.2) is 24.6 Å². The van der Waals surface area contributed by atoms with Crippen molar-refractivity contribution in [2.75, 3.05) is 0 Å². The number of esters is 1. The summed E-state index contributed by atoms with van der Waals surface area (Å²) in [6.07, 6.45) is 1.65. The molecule has 2 aromatic carbocycles. The van der Waals surface area contributed by atoms with Crippen LogP contribution in [0.25, 0.3) is 6.08 Å². The predicted octanol–water partition coefficient (Wildman–Crippen LogP) is 3.55. The summed E-state index contributed by atoms with van der Waals surface area (Å²) in [5.41, 5.74) is 1.53. The van der Waals surface area contributed by atoms with Crippen LogP contribution in [0.4, 0.5) is 8.78 Å². The number of carbonyl (C=O) groups excluding carboxylic acids is 2.